The van der Waals surface area contributed by atoms with Crippen molar-refractivity contribution in [1.29, 1.82) is 0 Å². The normalized spacial score (nSPS) is 8.00. The zero-order valence-corrected chi connectivity index (χ0v) is 8.57. The summed E-state index contributed by atoms with van der Waals surface area (Å²) in [6.07, 6.45) is 0. The van der Waals surface area contributed by atoms with Gasteiger partial charge in [-0.25, -0.2) is 0 Å². The van der Waals surface area contributed by atoms with Crippen LogP contribution in [0.4, 0.5) is 0 Å². The molecule has 6 heavy (non-hydrogen) atoms. The molecule has 0 aromatic heterocycles. The van der Waals surface area contributed by atoms with E-state index >= 15 is 0 Å². The molecule has 1 nitrogen and oxygen atoms in total. The number of hydrogen-bond acceptors (Lipinski definition) is 3. The molecule has 0 amide bonds. The van der Waals surface area contributed by atoms with Crippen molar-refractivity contribution in [1.82, 2.24) is 4.31 Å². The molecule has 0 unspecified atom stereocenters. The molecule has 0 atom stereocenters. The summed E-state index contributed by atoms with van der Waals surface area (Å²) in [7, 11) is 5.12. The minimum atomic E-state index is 0. The number of rotatable bonds is 1. The van der Waals surface area contributed by atoms with Crippen LogP contribution in [0.3, 0.4) is 0 Å². The molecule has 0 bridgehead atoms. The summed E-state index contributed by atoms with van der Waals surface area (Å²) in [5.74, 6) is 0. The van der Waals surface area contributed by atoms with Crippen LogP contribution >= 0.6 is 11.0 Å². The van der Waals surface area contributed by atoms with Crippen LogP contribution in [0.15, 0.2) is 0 Å². The molecule has 0 aliphatic rings. The molecule has 0 N–H and O–H groups in total. The maximum Gasteiger partial charge on any atom is 0 e. The van der Waals surface area contributed by atoms with Crippen LogP contribution < -0.4 is 0 Å². The van der Waals surface area contributed by atoms with Gasteiger partial charge in [0.25, 0.3) is 0 Å². The van der Waals surface area contributed by atoms with E-state index in [4.69, 9.17) is 0 Å². The van der Waals surface area contributed by atoms with Crippen molar-refractivity contribution >= 4 is 22.6 Å². The Labute approximate surface area is 60.6 Å². The summed E-state index contributed by atoms with van der Waals surface area (Å²) in [6.45, 7) is 0. The van der Waals surface area contributed by atoms with Gasteiger partial charge in [0, 0.05) is 19.5 Å². The van der Waals surface area contributed by atoms with Crippen LogP contribution in [0, 0.1) is 0 Å². The van der Waals surface area contributed by atoms with Gasteiger partial charge in [0.2, 0.25) is 0 Å². The van der Waals surface area contributed by atoms with E-state index in [1.54, 1.807) is 0 Å². The van der Waals surface area contributed by atoms with Gasteiger partial charge in [-0.1, -0.05) is 0 Å². The van der Waals surface area contributed by atoms with Crippen LogP contribution in [0.2, 0.25) is 0 Å². The van der Waals surface area contributed by atoms with Crippen molar-refractivity contribution in [3.05, 3.63) is 0 Å². The van der Waals surface area contributed by atoms with Crippen molar-refractivity contribution in [2.24, 2.45) is 0 Å². The second-order valence-electron chi connectivity index (χ2n) is 0.887. The Kier molecular flexibility index (Phi) is 10.8. The largest absolute Gasteiger partial charge is 0.702 e. The van der Waals surface area contributed by atoms with Gasteiger partial charge in [0.1, 0.15) is 0 Å². The van der Waals surface area contributed by atoms with Crippen molar-refractivity contribution in [2.75, 3.05) is 14.1 Å². The quantitative estimate of drug-likeness (QED) is 0.248. The van der Waals surface area contributed by atoms with E-state index in [0.717, 1.165) is 0 Å². The van der Waals surface area contributed by atoms with E-state index < -0.39 is 0 Å². The Morgan fingerprint density at radius 2 is 1.67 bits per heavy atom. The number of hydrogen-bond donors (Lipinski definition) is 0. The smallest absolute Gasteiger partial charge is 0 e. The Bertz CT molecular complexity index is 25.5. The zero-order valence-electron chi connectivity index (χ0n) is 3.97. The monoisotopic (exact) mass is 172 g/mol. The molecule has 0 spiro atoms. The molecule has 0 saturated carbocycles. The Balaban J connectivity index is 0. The molecule has 0 saturated heterocycles. The predicted molar refractivity (Wildman–Crippen MR) is 28.6 cm³/mol. The van der Waals surface area contributed by atoms with Crippen molar-refractivity contribution in [3.63, 3.8) is 0 Å². The van der Waals surface area contributed by atoms with Crippen molar-refractivity contribution in [2.45, 2.75) is 0 Å². The minimum Gasteiger partial charge on any atom is -0.702 e. The fourth-order valence-corrected chi connectivity index (χ4v) is 0. The van der Waals surface area contributed by atoms with Gasteiger partial charge in [-0.05, 0) is 14.1 Å². The van der Waals surface area contributed by atoms with Crippen LogP contribution in [0.1, 0.15) is 0 Å². The fourth-order valence-electron chi connectivity index (χ4n) is 0. The molecule has 4 heteroatoms. The molecule has 0 radical (unpaired) electrons. The summed E-state index contributed by atoms with van der Waals surface area (Å²) in [5.41, 5.74) is 0. The fraction of sp³-hybridized carbons (Fsp3) is 1.00. The molecular formula is C2H6NS2Zn-. The Morgan fingerprint density at radius 1 is 1.50 bits per heavy atom. The first-order chi connectivity index (χ1) is 2.27. The topological polar surface area (TPSA) is 3.24 Å². The first-order valence-electron chi connectivity index (χ1n) is 1.24. The standard InChI is InChI=1S/C2H7NS2.Zn/c1-3(2)5-4;/h4H,1-2H3;/p-1. The summed E-state index contributed by atoms with van der Waals surface area (Å²) in [6, 6.07) is 0. The zero-order chi connectivity index (χ0) is 4.28. The third-order valence-corrected chi connectivity index (χ3v) is 1.34. The summed E-state index contributed by atoms with van der Waals surface area (Å²) in [5, 5.41) is 0. The third kappa shape index (κ3) is 8.99. The van der Waals surface area contributed by atoms with Crippen LogP contribution in [-0.2, 0) is 31.1 Å². The summed E-state index contributed by atoms with van der Waals surface area (Å²) in [4.78, 5) is 0. The molecule has 34 valence electrons. The van der Waals surface area contributed by atoms with Gasteiger partial charge < -0.3 is 11.7 Å². The molecule has 0 fully saturated rings. The minimum absolute atomic E-state index is 0. The first kappa shape index (κ1) is 10.3. The maximum atomic E-state index is 4.52. The van der Waals surface area contributed by atoms with E-state index in [1.807, 2.05) is 18.4 Å². The third-order valence-electron chi connectivity index (χ3n) is 0.149. The molecule has 0 heterocycles. The van der Waals surface area contributed by atoms with Crippen LogP contribution in [0.25, 0.3) is 0 Å². The Hall–Kier alpha value is 1.28. The molecular weight excluding hydrogens is 168 g/mol. The predicted octanol–water partition coefficient (Wildman–Crippen LogP) is 0.656. The SMILES string of the molecule is CN(C)S[S-].[Zn]. The van der Waals surface area contributed by atoms with Crippen molar-refractivity contribution in [3.8, 4) is 0 Å². The molecule has 0 aromatic carbocycles. The second kappa shape index (κ2) is 6.28. The average molecular weight is 174 g/mol. The number of nitrogens with zero attached hydrogens (tertiary/aromatic N) is 1. The maximum absolute atomic E-state index is 4.52. The molecule has 0 aliphatic heterocycles. The van der Waals surface area contributed by atoms with E-state index in [0.29, 0.717) is 0 Å². The van der Waals surface area contributed by atoms with E-state index in [-0.39, 0.29) is 19.5 Å². The molecule has 0 rings (SSSR count). The summed E-state index contributed by atoms with van der Waals surface area (Å²) >= 11 is 4.52. The first-order valence-corrected chi connectivity index (χ1v) is 2.94. The second-order valence-corrected chi connectivity index (χ2v) is 2.21. The van der Waals surface area contributed by atoms with Crippen LogP contribution in [0.5, 0.6) is 0 Å². The van der Waals surface area contributed by atoms with Gasteiger partial charge >= 0.3 is 0 Å². The Morgan fingerprint density at radius 3 is 1.67 bits per heavy atom. The average Bonchev–Trinajstić information content (AvgIpc) is 1.38. The van der Waals surface area contributed by atoms with Crippen molar-refractivity contribution < 1.29 is 19.5 Å². The van der Waals surface area contributed by atoms with Crippen LogP contribution in [-0.4, -0.2) is 18.4 Å². The van der Waals surface area contributed by atoms with Gasteiger partial charge in [-0.3, -0.25) is 15.3 Å². The van der Waals surface area contributed by atoms with E-state index in [2.05, 4.69) is 11.7 Å². The molecule has 0 aliphatic carbocycles. The van der Waals surface area contributed by atoms with Gasteiger partial charge in [0.05, 0.1) is 0 Å². The summed E-state index contributed by atoms with van der Waals surface area (Å²) < 4.78 is 1.86. The van der Waals surface area contributed by atoms with E-state index in [1.165, 1.54) is 11.0 Å². The van der Waals surface area contributed by atoms with Gasteiger partial charge in [0.15, 0.2) is 0 Å². The molecule has 0 aromatic rings. The van der Waals surface area contributed by atoms with E-state index in [9.17, 15) is 0 Å². The van der Waals surface area contributed by atoms with Gasteiger partial charge in [-0.15, -0.1) is 0 Å². The van der Waals surface area contributed by atoms with Gasteiger partial charge in [-0.2, -0.15) is 0 Å².